The topological polar surface area (TPSA) is 17.1 Å². The van der Waals surface area contributed by atoms with Crippen LogP contribution in [0.5, 0.6) is 0 Å². The summed E-state index contributed by atoms with van der Waals surface area (Å²) in [6.45, 7) is 2.39. The molecule has 1 nitrogen and oxygen atoms in total. The van der Waals surface area contributed by atoms with Gasteiger partial charge in [0.2, 0.25) is 0 Å². The lowest BCUT2D eigenvalue weighted by atomic mass is 9.60. The number of hydrogen-bond acceptors (Lipinski definition) is 1. The van der Waals surface area contributed by atoms with Crippen molar-refractivity contribution in [3.63, 3.8) is 0 Å². The summed E-state index contributed by atoms with van der Waals surface area (Å²) in [6, 6.07) is 0. The van der Waals surface area contributed by atoms with Gasteiger partial charge in [0.1, 0.15) is 5.78 Å². The summed E-state index contributed by atoms with van der Waals surface area (Å²) in [5, 5.41) is 0. The van der Waals surface area contributed by atoms with Gasteiger partial charge in [0.05, 0.1) is 0 Å². The van der Waals surface area contributed by atoms with Crippen molar-refractivity contribution in [2.24, 2.45) is 11.3 Å². The Morgan fingerprint density at radius 3 is 3.00 bits per heavy atom. The zero-order chi connectivity index (χ0) is 8.60. The van der Waals surface area contributed by atoms with Gasteiger partial charge in [-0.25, -0.2) is 0 Å². The zero-order valence-electron chi connectivity index (χ0n) is 7.94. The fraction of sp³-hybridized carbons (Fsp3) is 0.909. The Labute approximate surface area is 74.5 Å². The summed E-state index contributed by atoms with van der Waals surface area (Å²) in [6.07, 6.45) is 8.32. The number of hydrogen-bond donors (Lipinski definition) is 0. The van der Waals surface area contributed by atoms with Crippen molar-refractivity contribution in [2.75, 3.05) is 0 Å². The summed E-state index contributed by atoms with van der Waals surface area (Å²) in [5.41, 5.74) is 0.534. The molecule has 2 aliphatic carbocycles. The lowest BCUT2D eigenvalue weighted by molar-refractivity contribution is -0.125. The average Bonchev–Trinajstić information content (AvgIpc) is 2.06. The van der Waals surface area contributed by atoms with Gasteiger partial charge in [-0.15, -0.1) is 0 Å². The smallest absolute Gasteiger partial charge is 0.133 e. The highest BCUT2D eigenvalue weighted by atomic mass is 16.1. The summed E-state index contributed by atoms with van der Waals surface area (Å²) in [7, 11) is 0. The minimum absolute atomic E-state index is 0.513. The van der Waals surface area contributed by atoms with Gasteiger partial charge in [0.25, 0.3) is 0 Å². The summed E-state index contributed by atoms with van der Waals surface area (Å²) in [4.78, 5) is 11.3. The van der Waals surface area contributed by atoms with Crippen LogP contribution in [0, 0.1) is 11.3 Å². The Morgan fingerprint density at radius 1 is 1.33 bits per heavy atom. The van der Waals surface area contributed by atoms with Crippen molar-refractivity contribution in [1.29, 1.82) is 0 Å². The molecule has 0 heterocycles. The largest absolute Gasteiger partial charge is 0.300 e. The Balaban J connectivity index is 2.11. The van der Waals surface area contributed by atoms with Gasteiger partial charge >= 0.3 is 0 Å². The van der Waals surface area contributed by atoms with Crippen LogP contribution < -0.4 is 0 Å². The summed E-state index contributed by atoms with van der Waals surface area (Å²) in [5.74, 6) is 1.24. The minimum atomic E-state index is 0.513. The Bertz CT molecular complexity index is 197. The normalized spacial score (nSPS) is 42.4. The fourth-order valence-corrected chi connectivity index (χ4v) is 2.95. The molecule has 0 spiro atoms. The van der Waals surface area contributed by atoms with Crippen LogP contribution in [0.3, 0.4) is 0 Å². The molecule has 1 heteroatoms. The number of Topliss-reactive ketones (excluding diaryl/α,β-unsaturated/α-hetero) is 1. The molecule has 0 aromatic rings. The number of ketones is 1. The first-order chi connectivity index (χ1) is 5.71. The SMILES string of the molecule is C[C@]12CCCC[C@@H]1CC(=O)CC2. The zero-order valence-corrected chi connectivity index (χ0v) is 7.94. The second kappa shape index (κ2) is 2.86. The standard InChI is InChI=1S/C11H18O/c1-11-6-3-2-4-9(11)8-10(12)5-7-11/h9H,2-8H2,1H3/t9-,11-/m1/s1. The second-order valence-electron chi connectivity index (χ2n) is 4.84. The van der Waals surface area contributed by atoms with E-state index in [-0.39, 0.29) is 0 Å². The van der Waals surface area contributed by atoms with E-state index in [2.05, 4.69) is 6.92 Å². The number of fused-ring (bicyclic) bond motifs is 1. The molecule has 12 heavy (non-hydrogen) atoms. The molecule has 0 aliphatic heterocycles. The Kier molecular flexibility index (Phi) is 1.97. The third kappa shape index (κ3) is 1.30. The third-order valence-corrected chi connectivity index (χ3v) is 3.99. The van der Waals surface area contributed by atoms with Gasteiger partial charge in [0.15, 0.2) is 0 Å². The highest BCUT2D eigenvalue weighted by molar-refractivity contribution is 5.79. The maximum absolute atomic E-state index is 11.3. The first kappa shape index (κ1) is 8.28. The highest BCUT2D eigenvalue weighted by Crippen LogP contribution is 2.48. The van der Waals surface area contributed by atoms with Crippen molar-refractivity contribution < 1.29 is 4.79 Å². The lowest BCUT2D eigenvalue weighted by Gasteiger charge is -2.44. The van der Waals surface area contributed by atoms with E-state index in [9.17, 15) is 4.79 Å². The first-order valence-corrected chi connectivity index (χ1v) is 5.22. The van der Waals surface area contributed by atoms with Crippen LogP contribution in [-0.4, -0.2) is 5.78 Å². The molecule has 2 saturated carbocycles. The molecule has 0 aromatic heterocycles. The van der Waals surface area contributed by atoms with E-state index < -0.39 is 0 Å². The van der Waals surface area contributed by atoms with E-state index in [0.29, 0.717) is 11.2 Å². The molecule has 2 fully saturated rings. The Hall–Kier alpha value is -0.330. The predicted octanol–water partition coefficient (Wildman–Crippen LogP) is 2.94. The lowest BCUT2D eigenvalue weighted by Crippen LogP contribution is -2.36. The molecular weight excluding hydrogens is 148 g/mol. The molecule has 0 bridgehead atoms. The summed E-state index contributed by atoms with van der Waals surface area (Å²) < 4.78 is 0. The van der Waals surface area contributed by atoms with Crippen LogP contribution in [0.25, 0.3) is 0 Å². The number of carbonyl (C=O) groups excluding carboxylic acids is 1. The maximum Gasteiger partial charge on any atom is 0.133 e. The molecule has 2 atom stereocenters. The second-order valence-corrected chi connectivity index (χ2v) is 4.84. The van der Waals surface area contributed by atoms with Crippen LogP contribution in [0.15, 0.2) is 0 Å². The fourth-order valence-electron chi connectivity index (χ4n) is 2.95. The first-order valence-electron chi connectivity index (χ1n) is 5.22. The Morgan fingerprint density at radius 2 is 2.17 bits per heavy atom. The van der Waals surface area contributed by atoms with E-state index in [0.717, 1.165) is 25.2 Å². The quantitative estimate of drug-likeness (QED) is 0.540. The van der Waals surface area contributed by atoms with Gasteiger partial charge in [-0.05, 0) is 30.6 Å². The van der Waals surface area contributed by atoms with Gasteiger partial charge in [-0.1, -0.05) is 19.8 Å². The van der Waals surface area contributed by atoms with Crippen molar-refractivity contribution >= 4 is 5.78 Å². The molecule has 0 radical (unpaired) electrons. The molecule has 0 aromatic carbocycles. The van der Waals surface area contributed by atoms with Crippen LogP contribution >= 0.6 is 0 Å². The van der Waals surface area contributed by atoms with Crippen molar-refractivity contribution in [1.82, 2.24) is 0 Å². The monoisotopic (exact) mass is 166 g/mol. The van der Waals surface area contributed by atoms with E-state index in [1.807, 2.05) is 0 Å². The van der Waals surface area contributed by atoms with Crippen molar-refractivity contribution in [2.45, 2.75) is 51.9 Å². The molecule has 0 unspecified atom stereocenters. The van der Waals surface area contributed by atoms with E-state index in [1.165, 1.54) is 25.7 Å². The predicted molar refractivity (Wildman–Crippen MR) is 48.9 cm³/mol. The van der Waals surface area contributed by atoms with Gasteiger partial charge < -0.3 is 0 Å². The molecule has 0 N–H and O–H groups in total. The molecule has 2 rings (SSSR count). The molecule has 0 saturated heterocycles. The highest BCUT2D eigenvalue weighted by Gasteiger charge is 2.40. The maximum atomic E-state index is 11.3. The average molecular weight is 166 g/mol. The van der Waals surface area contributed by atoms with Gasteiger partial charge in [-0.2, -0.15) is 0 Å². The van der Waals surface area contributed by atoms with Crippen LogP contribution in [0.2, 0.25) is 0 Å². The molecule has 68 valence electrons. The summed E-state index contributed by atoms with van der Waals surface area (Å²) >= 11 is 0. The van der Waals surface area contributed by atoms with Crippen LogP contribution in [0.1, 0.15) is 51.9 Å². The minimum Gasteiger partial charge on any atom is -0.300 e. The molecular formula is C11H18O. The van der Waals surface area contributed by atoms with Gasteiger partial charge in [-0.3, -0.25) is 4.79 Å². The molecule has 0 amide bonds. The van der Waals surface area contributed by atoms with Crippen molar-refractivity contribution in [3.8, 4) is 0 Å². The van der Waals surface area contributed by atoms with Crippen molar-refractivity contribution in [3.05, 3.63) is 0 Å². The van der Waals surface area contributed by atoms with E-state index in [4.69, 9.17) is 0 Å². The number of carbonyl (C=O) groups is 1. The third-order valence-electron chi connectivity index (χ3n) is 3.99. The van der Waals surface area contributed by atoms with Gasteiger partial charge in [0, 0.05) is 12.8 Å². The number of rotatable bonds is 0. The van der Waals surface area contributed by atoms with Crippen LogP contribution in [0.4, 0.5) is 0 Å². The van der Waals surface area contributed by atoms with Crippen LogP contribution in [-0.2, 0) is 4.79 Å². The molecule has 2 aliphatic rings. The van der Waals surface area contributed by atoms with E-state index in [1.54, 1.807) is 0 Å². The van der Waals surface area contributed by atoms with E-state index >= 15 is 0 Å².